The molecule has 0 bridgehead atoms. The van der Waals surface area contributed by atoms with E-state index in [1.807, 2.05) is 19.0 Å². The maximum absolute atomic E-state index is 14.0. The molecule has 0 atom stereocenters. The van der Waals surface area contributed by atoms with E-state index in [-0.39, 0.29) is 22.9 Å². The van der Waals surface area contributed by atoms with Crippen LogP contribution in [-0.2, 0) is 17.8 Å². The lowest BCUT2D eigenvalue weighted by Gasteiger charge is -2.11. The number of carboxylic acids is 1. The number of nitrogens with one attached hydrogen (secondary N) is 1. The van der Waals surface area contributed by atoms with Crippen molar-refractivity contribution in [2.45, 2.75) is 13.0 Å². The quantitative estimate of drug-likeness (QED) is 0.851. The number of anilines is 1. The highest BCUT2D eigenvalue weighted by atomic mass is 32.1. The topological polar surface area (TPSA) is 69.6 Å². The van der Waals surface area contributed by atoms with Crippen LogP contribution in [0.3, 0.4) is 0 Å². The lowest BCUT2D eigenvalue weighted by molar-refractivity contribution is -0.115. The highest BCUT2D eigenvalue weighted by molar-refractivity contribution is 7.12. The first-order valence-corrected chi connectivity index (χ1v) is 7.77. The van der Waals surface area contributed by atoms with E-state index < -0.39 is 11.8 Å². The molecule has 23 heavy (non-hydrogen) atoms. The summed E-state index contributed by atoms with van der Waals surface area (Å²) in [5, 5.41) is 13.0. The van der Waals surface area contributed by atoms with Gasteiger partial charge in [-0.3, -0.25) is 4.79 Å². The molecule has 0 radical (unpaired) electrons. The number of thiophene rings is 1. The first kappa shape index (κ1) is 17.1. The molecule has 0 saturated heterocycles. The van der Waals surface area contributed by atoms with E-state index >= 15 is 0 Å². The summed E-state index contributed by atoms with van der Waals surface area (Å²) in [5.41, 5.74) is 1.52. The molecular formula is C16H17FN2O3S. The number of aromatic carboxylic acids is 1. The average Bonchev–Trinajstić information content (AvgIpc) is 2.90. The summed E-state index contributed by atoms with van der Waals surface area (Å²) >= 11 is 1.06. The van der Waals surface area contributed by atoms with Gasteiger partial charge < -0.3 is 15.3 Å². The largest absolute Gasteiger partial charge is 0.477 e. The number of nitrogens with zero attached hydrogens (tertiary/aromatic N) is 1. The Morgan fingerprint density at radius 1 is 1.26 bits per heavy atom. The molecule has 2 rings (SSSR count). The Morgan fingerprint density at radius 3 is 2.57 bits per heavy atom. The van der Waals surface area contributed by atoms with E-state index in [0.717, 1.165) is 16.9 Å². The Kier molecular flexibility index (Phi) is 5.46. The monoisotopic (exact) mass is 336 g/mol. The number of amides is 1. The minimum atomic E-state index is -1.02. The van der Waals surface area contributed by atoms with Gasteiger partial charge >= 0.3 is 5.97 Å². The van der Waals surface area contributed by atoms with E-state index in [0.29, 0.717) is 12.1 Å². The van der Waals surface area contributed by atoms with Crippen molar-refractivity contribution in [1.82, 2.24) is 4.90 Å². The highest BCUT2D eigenvalue weighted by Gasteiger charge is 2.12. The first-order valence-electron chi connectivity index (χ1n) is 6.89. The van der Waals surface area contributed by atoms with Crippen molar-refractivity contribution in [1.29, 1.82) is 0 Å². The van der Waals surface area contributed by atoms with Gasteiger partial charge in [0.05, 0.1) is 12.1 Å². The molecule has 0 spiro atoms. The SMILES string of the molecule is CN(C)Cc1ccc(NC(=O)Cc2csc(C(=O)O)c2)c(F)c1. The average molecular weight is 336 g/mol. The summed E-state index contributed by atoms with van der Waals surface area (Å²) in [5.74, 6) is -1.91. The lowest BCUT2D eigenvalue weighted by Crippen LogP contribution is -2.16. The van der Waals surface area contributed by atoms with Gasteiger partial charge in [-0.15, -0.1) is 11.3 Å². The van der Waals surface area contributed by atoms with Crippen molar-refractivity contribution in [2.75, 3.05) is 19.4 Å². The second-order valence-electron chi connectivity index (χ2n) is 5.40. The minimum Gasteiger partial charge on any atom is -0.477 e. The molecule has 122 valence electrons. The third-order valence-corrected chi connectivity index (χ3v) is 4.00. The number of rotatable bonds is 6. The predicted molar refractivity (Wildman–Crippen MR) is 87.4 cm³/mol. The van der Waals surface area contributed by atoms with E-state index in [9.17, 15) is 14.0 Å². The number of hydrogen-bond donors (Lipinski definition) is 2. The summed E-state index contributed by atoms with van der Waals surface area (Å²) in [6.07, 6.45) is 0.00265. The normalized spacial score (nSPS) is 10.8. The first-order chi connectivity index (χ1) is 10.8. The van der Waals surface area contributed by atoms with Crippen molar-refractivity contribution in [3.05, 3.63) is 51.5 Å². The van der Waals surface area contributed by atoms with Crippen LogP contribution in [-0.4, -0.2) is 36.0 Å². The standard InChI is InChI=1S/C16H17FN2O3S/c1-19(2)8-10-3-4-13(12(17)5-10)18-15(20)7-11-6-14(16(21)22)23-9-11/h3-6,9H,7-8H2,1-2H3,(H,18,20)(H,21,22). The summed E-state index contributed by atoms with van der Waals surface area (Å²) in [6, 6.07) is 6.13. The summed E-state index contributed by atoms with van der Waals surface area (Å²) in [6.45, 7) is 0.609. The van der Waals surface area contributed by atoms with E-state index in [2.05, 4.69) is 5.32 Å². The van der Waals surface area contributed by atoms with Crippen LogP contribution in [0.1, 0.15) is 20.8 Å². The lowest BCUT2D eigenvalue weighted by atomic mass is 10.1. The van der Waals surface area contributed by atoms with Gasteiger partial charge in [-0.25, -0.2) is 9.18 Å². The van der Waals surface area contributed by atoms with Crippen molar-refractivity contribution in [2.24, 2.45) is 0 Å². The fourth-order valence-corrected chi connectivity index (χ4v) is 2.83. The summed E-state index contributed by atoms with van der Waals surface area (Å²) in [7, 11) is 3.78. The Balaban J connectivity index is 2.00. The van der Waals surface area contributed by atoms with E-state index in [1.165, 1.54) is 18.2 Å². The van der Waals surface area contributed by atoms with Crippen molar-refractivity contribution >= 4 is 28.9 Å². The third kappa shape index (κ3) is 4.87. The van der Waals surface area contributed by atoms with Gasteiger partial charge in [-0.2, -0.15) is 0 Å². The molecule has 7 heteroatoms. The van der Waals surface area contributed by atoms with Gasteiger partial charge in [0.15, 0.2) is 0 Å². The zero-order chi connectivity index (χ0) is 17.0. The van der Waals surface area contributed by atoms with Crippen LogP contribution in [0.4, 0.5) is 10.1 Å². The predicted octanol–water partition coefficient (Wildman–Crippen LogP) is 2.83. The molecule has 1 amide bonds. The summed E-state index contributed by atoms with van der Waals surface area (Å²) in [4.78, 5) is 24.8. The number of carboxylic acid groups (broad SMARTS) is 1. The maximum Gasteiger partial charge on any atom is 0.345 e. The van der Waals surface area contributed by atoms with E-state index in [1.54, 1.807) is 11.4 Å². The smallest absolute Gasteiger partial charge is 0.345 e. The fraction of sp³-hybridized carbons (Fsp3) is 0.250. The van der Waals surface area contributed by atoms with Crippen molar-refractivity contribution in [3.8, 4) is 0 Å². The highest BCUT2D eigenvalue weighted by Crippen LogP contribution is 2.19. The second-order valence-corrected chi connectivity index (χ2v) is 6.31. The van der Waals surface area contributed by atoms with Crippen LogP contribution in [0.2, 0.25) is 0 Å². The molecule has 0 fully saturated rings. The molecule has 0 unspecified atom stereocenters. The molecule has 1 aromatic heterocycles. The van der Waals surface area contributed by atoms with Gasteiger partial charge in [0.25, 0.3) is 0 Å². The van der Waals surface area contributed by atoms with Gasteiger partial charge in [0.1, 0.15) is 10.7 Å². The maximum atomic E-state index is 14.0. The molecular weight excluding hydrogens is 319 g/mol. The van der Waals surface area contributed by atoms with Crippen LogP contribution in [0.5, 0.6) is 0 Å². The van der Waals surface area contributed by atoms with Gasteiger partial charge in [-0.1, -0.05) is 6.07 Å². The Bertz CT molecular complexity index is 728. The van der Waals surface area contributed by atoms with Crippen LogP contribution >= 0.6 is 11.3 Å². The molecule has 2 aromatic rings. The zero-order valence-electron chi connectivity index (χ0n) is 12.8. The van der Waals surface area contributed by atoms with Gasteiger partial charge in [0, 0.05) is 6.54 Å². The van der Waals surface area contributed by atoms with E-state index in [4.69, 9.17) is 5.11 Å². The number of hydrogen-bond acceptors (Lipinski definition) is 4. The molecule has 0 aliphatic heterocycles. The van der Waals surface area contributed by atoms with Crippen LogP contribution in [0, 0.1) is 5.82 Å². The molecule has 0 aliphatic carbocycles. The number of carbonyl (C=O) groups is 2. The molecule has 5 nitrogen and oxygen atoms in total. The Labute approximate surface area is 137 Å². The van der Waals surface area contributed by atoms with Crippen LogP contribution in [0.15, 0.2) is 29.6 Å². The molecule has 0 saturated carbocycles. The van der Waals surface area contributed by atoms with Crippen molar-refractivity contribution in [3.63, 3.8) is 0 Å². The minimum absolute atomic E-state index is 0.00265. The second kappa shape index (κ2) is 7.34. The van der Waals surface area contributed by atoms with Crippen LogP contribution in [0.25, 0.3) is 0 Å². The van der Waals surface area contributed by atoms with Gasteiger partial charge in [0.2, 0.25) is 5.91 Å². The molecule has 1 aromatic carbocycles. The Morgan fingerprint density at radius 2 is 2.00 bits per heavy atom. The molecule has 2 N–H and O–H groups in total. The third-order valence-electron chi connectivity index (χ3n) is 3.04. The molecule has 0 aliphatic rings. The van der Waals surface area contributed by atoms with Gasteiger partial charge in [-0.05, 0) is 48.8 Å². The zero-order valence-corrected chi connectivity index (χ0v) is 13.6. The molecule has 1 heterocycles. The number of carbonyl (C=O) groups excluding carboxylic acids is 1. The summed E-state index contributed by atoms with van der Waals surface area (Å²) < 4.78 is 14.0. The number of benzene rings is 1. The Hall–Kier alpha value is -2.25. The fourth-order valence-electron chi connectivity index (χ4n) is 2.08. The number of halogens is 1. The van der Waals surface area contributed by atoms with Crippen molar-refractivity contribution < 1.29 is 19.1 Å². The van der Waals surface area contributed by atoms with Crippen LogP contribution < -0.4 is 5.32 Å².